The predicted molar refractivity (Wildman–Crippen MR) is 73.9 cm³/mol. The Labute approximate surface area is 118 Å². The van der Waals surface area contributed by atoms with Gasteiger partial charge in [-0.3, -0.25) is 14.9 Å². The molecule has 0 N–H and O–H groups in total. The molecule has 1 heterocycles. The van der Waals surface area contributed by atoms with E-state index >= 15 is 0 Å². The topological polar surface area (TPSA) is 72.7 Å². The SMILES string of the molecule is CC(CBr)CN1C(=O)COc2ccc([N+](=O)[O-])cc21. The van der Waals surface area contributed by atoms with Crippen molar-refractivity contribution in [3.8, 4) is 5.75 Å². The molecule has 0 saturated heterocycles. The summed E-state index contributed by atoms with van der Waals surface area (Å²) in [5.74, 6) is 0.571. The van der Waals surface area contributed by atoms with E-state index in [4.69, 9.17) is 4.74 Å². The van der Waals surface area contributed by atoms with Crippen molar-refractivity contribution in [2.24, 2.45) is 5.92 Å². The Kier molecular flexibility index (Phi) is 4.04. The molecule has 0 bridgehead atoms. The molecule has 6 nitrogen and oxygen atoms in total. The minimum Gasteiger partial charge on any atom is -0.482 e. The second-order valence-electron chi connectivity index (χ2n) is 4.46. The summed E-state index contributed by atoms with van der Waals surface area (Å²) >= 11 is 3.36. The molecular formula is C12H13BrN2O4. The second kappa shape index (κ2) is 5.56. The first-order chi connectivity index (χ1) is 9.02. The summed E-state index contributed by atoms with van der Waals surface area (Å²) in [5.41, 5.74) is 0.423. The van der Waals surface area contributed by atoms with E-state index in [1.165, 1.54) is 18.2 Å². The number of nitro benzene ring substituents is 1. The monoisotopic (exact) mass is 328 g/mol. The van der Waals surface area contributed by atoms with E-state index in [0.29, 0.717) is 18.0 Å². The van der Waals surface area contributed by atoms with Crippen molar-refractivity contribution in [2.75, 3.05) is 23.4 Å². The first-order valence-electron chi connectivity index (χ1n) is 5.80. The van der Waals surface area contributed by atoms with Crippen LogP contribution in [0.4, 0.5) is 11.4 Å². The number of alkyl halides is 1. The number of carbonyl (C=O) groups excluding carboxylic acids is 1. The number of rotatable bonds is 4. The summed E-state index contributed by atoms with van der Waals surface area (Å²) in [6, 6.07) is 4.29. The van der Waals surface area contributed by atoms with Crippen LogP contribution in [0.5, 0.6) is 5.75 Å². The van der Waals surface area contributed by atoms with Crippen molar-refractivity contribution < 1.29 is 14.5 Å². The van der Waals surface area contributed by atoms with E-state index in [0.717, 1.165) is 5.33 Å². The summed E-state index contributed by atoms with van der Waals surface area (Å²) in [6.07, 6.45) is 0. The standard InChI is InChI=1S/C12H13BrN2O4/c1-8(5-13)6-14-10-4-9(15(17)18)2-3-11(10)19-7-12(14)16/h2-4,8H,5-7H2,1H3. The average molecular weight is 329 g/mol. The highest BCUT2D eigenvalue weighted by Crippen LogP contribution is 2.35. The summed E-state index contributed by atoms with van der Waals surface area (Å²) in [7, 11) is 0. The number of halogens is 1. The number of nitrogens with zero attached hydrogens (tertiary/aromatic N) is 2. The molecule has 1 amide bonds. The van der Waals surface area contributed by atoms with Gasteiger partial charge in [0.15, 0.2) is 6.61 Å². The molecule has 0 saturated carbocycles. The fraction of sp³-hybridized carbons (Fsp3) is 0.417. The molecular weight excluding hydrogens is 316 g/mol. The Morgan fingerprint density at radius 3 is 2.95 bits per heavy atom. The molecule has 102 valence electrons. The van der Waals surface area contributed by atoms with Gasteiger partial charge >= 0.3 is 0 Å². The molecule has 7 heteroatoms. The van der Waals surface area contributed by atoms with Crippen LogP contribution >= 0.6 is 15.9 Å². The van der Waals surface area contributed by atoms with E-state index in [1.54, 1.807) is 4.90 Å². The fourth-order valence-electron chi connectivity index (χ4n) is 1.86. The number of ether oxygens (including phenoxy) is 1. The van der Waals surface area contributed by atoms with Crippen LogP contribution in [0, 0.1) is 16.0 Å². The molecule has 1 atom stereocenters. The molecule has 1 aliphatic heterocycles. The van der Waals surface area contributed by atoms with Crippen LogP contribution in [0.2, 0.25) is 0 Å². The number of hydrogen-bond acceptors (Lipinski definition) is 4. The van der Waals surface area contributed by atoms with Crippen molar-refractivity contribution in [2.45, 2.75) is 6.92 Å². The van der Waals surface area contributed by atoms with Crippen LogP contribution in [0.3, 0.4) is 0 Å². The molecule has 1 aromatic rings. The van der Waals surface area contributed by atoms with Gasteiger partial charge < -0.3 is 9.64 Å². The van der Waals surface area contributed by atoms with Crippen molar-refractivity contribution in [3.63, 3.8) is 0 Å². The molecule has 1 aliphatic rings. The number of non-ortho nitro benzene ring substituents is 1. The van der Waals surface area contributed by atoms with Crippen LogP contribution in [0.25, 0.3) is 0 Å². The van der Waals surface area contributed by atoms with E-state index in [9.17, 15) is 14.9 Å². The lowest BCUT2D eigenvalue weighted by Gasteiger charge is -2.30. The third-order valence-electron chi connectivity index (χ3n) is 2.85. The van der Waals surface area contributed by atoms with Gasteiger partial charge in [0, 0.05) is 24.0 Å². The average Bonchev–Trinajstić information content (AvgIpc) is 2.41. The lowest BCUT2D eigenvalue weighted by atomic mass is 10.1. The molecule has 1 aromatic carbocycles. The summed E-state index contributed by atoms with van der Waals surface area (Å²) in [5, 5.41) is 11.6. The number of carbonyl (C=O) groups is 1. The van der Waals surface area contributed by atoms with E-state index in [1.807, 2.05) is 6.92 Å². The Hall–Kier alpha value is -1.63. The quantitative estimate of drug-likeness (QED) is 0.483. The Bertz CT molecular complexity index is 520. The second-order valence-corrected chi connectivity index (χ2v) is 5.11. The molecule has 2 rings (SSSR count). The third-order valence-corrected chi connectivity index (χ3v) is 3.96. The first kappa shape index (κ1) is 13.8. The lowest BCUT2D eigenvalue weighted by molar-refractivity contribution is -0.384. The van der Waals surface area contributed by atoms with Crippen LogP contribution in [-0.4, -0.2) is 29.3 Å². The highest BCUT2D eigenvalue weighted by atomic mass is 79.9. The molecule has 19 heavy (non-hydrogen) atoms. The van der Waals surface area contributed by atoms with Gasteiger partial charge in [0.25, 0.3) is 11.6 Å². The maximum absolute atomic E-state index is 11.9. The van der Waals surface area contributed by atoms with E-state index in [-0.39, 0.29) is 24.1 Å². The highest BCUT2D eigenvalue weighted by Gasteiger charge is 2.28. The van der Waals surface area contributed by atoms with Crippen molar-refractivity contribution in [3.05, 3.63) is 28.3 Å². The Balaban J connectivity index is 2.38. The molecule has 0 spiro atoms. The maximum Gasteiger partial charge on any atom is 0.271 e. The van der Waals surface area contributed by atoms with Crippen molar-refractivity contribution in [1.29, 1.82) is 0 Å². The van der Waals surface area contributed by atoms with Gasteiger partial charge in [0.05, 0.1) is 10.6 Å². The molecule has 0 aliphatic carbocycles. The Morgan fingerprint density at radius 1 is 1.58 bits per heavy atom. The van der Waals surface area contributed by atoms with E-state index < -0.39 is 4.92 Å². The van der Waals surface area contributed by atoms with Gasteiger partial charge in [-0.25, -0.2) is 0 Å². The zero-order valence-electron chi connectivity index (χ0n) is 10.3. The largest absolute Gasteiger partial charge is 0.482 e. The minimum atomic E-state index is -0.481. The number of amides is 1. The number of hydrogen-bond donors (Lipinski definition) is 0. The maximum atomic E-state index is 11.9. The van der Waals surface area contributed by atoms with Gasteiger partial charge in [-0.15, -0.1) is 0 Å². The van der Waals surface area contributed by atoms with E-state index in [2.05, 4.69) is 15.9 Å². The molecule has 0 radical (unpaired) electrons. The van der Waals surface area contributed by atoms with Gasteiger partial charge in [-0.1, -0.05) is 22.9 Å². The lowest BCUT2D eigenvalue weighted by Crippen LogP contribution is -2.41. The van der Waals surface area contributed by atoms with Gasteiger partial charge in [-0.05, 0) is 12.0 Å². The molecule has 0 fully saturated rings. The molecule has 0 aromatic heterocycles. The van der Waals surface area contributed by atoms with Crippen LogP contribution in [0.1, 0.15) is 6.92 Å². The fourth-order valence-corrected chi connectivity index (χ4v) is 2.07. The zero-order valence-corrected chi connectivity index (χ0v) is 11.9. The zero-order chi connectivity index (χ0) is 14.0. The number of benzene rings is 1. The van der Waals surface area contributed by atoms with Crippen molar-refractivity contribution >= 4 is 33.2 Å². The Morgan fingerprint density at radius 2 is 2.32 bits per heavy atom. The van der Waals surface area contributed by atoms with Crippen molar-refractivity contribution in [1.82, 2.24) is 0 Å². The summed E-state index contributed by atoms with van der Waals surface area (Å²) in [6.45, 7) is 2.47. The van der Waals surface area contributed by atoms with Crippen LogP contribution in [-0.2, 0) is 4.79 Å². The van der Waals surface area contributed by atoms with Gasteiger partial charge in [0.1, 0.15) is 5.75 Å². The van der Waals surface area contributed by atoms with Crippen LogP contribution in [0.15, 0.2) is 18.2 Å². The van der Waals surface area contributed by atoms with Crippen LogP contribution < -0.4 is 9.64 Å². The number of fused-ring (bicyclic) bond motifs is 1. The van der Waals surface area contributed by atoms with Gasteiger partial charge in [0.2, 0.25) is 0 Å². The van der Waals surface area contributed by atoms with Gasteiger partial charge in [-0.2, -0.15) is 0 Å². The summed E-state index contributed by atoms with van der Waals surface area (Å²) < 4.78 is 5.29. The third kappa shape index (κ3) is 2.86. The smallest absolute Gasteiger partial charge is 0.271 e. The highest BCUT2D eigenvalue weighted by molar-refractivity contribution is 9.09. The number of anilines is 1. The number of nitro groups is 1. The molecule has 1 unspecified atom stereocenters. The predicted octanol–water partition coefficient (Wildman–Crippen LogP) is 2.35. The minimum absolute atomic E-state index is 0.0280. The first-order valence-corrected chi connectivity index (χ1v) is 6.92. The normalized spacial score (nSPS) is 15.7. The summed E-state index contributed by atoms with van der Waals surface area (Å²) in [4.78, 5) is 23.8.